The Morgan fingerprint density at radius 2 is 2.21 bits per heavy atom. The molecule has 2 aromatic heterocycles. The Morgan fingerprint density at radius 3 is 2.93 bits per heavy atom. The summed E-state index contributed by atoms with van der Waals surface area (Å²) in [6.45, 7) is 0. The van der Waals surface area contributed by atoms with Gasteiger partial charge in [-0.15, -0.1) is 0 Å². The van der Waals surface area contributed by atoms with Gasteiger partial charge < -0.3 is 0 Å². The van der Waals surface area contributed by atoms with Crippen LogP contribution in [0.3, 0.4) is 0 Å². The van der Waals surface area contributed by atoms with Crippen LogP contribution in [0.4, 0.5) is 0 Å². The summed E-state index contributed by atoms with van der Waals surface area (Å²) >= 11 is 0. The first-order valence-electron chi connectivity index (χ1n) is 4.74. The van der Waals surface area contributed by atoms with Gasteiger partial charge in [-0.3, -0.25) is 4.57 Å². The van der Waals surface area contributed by atoms with Crippen molar-refractivity contribution >= 4 is 0 Å². The standard InChI is InChI=1S/C10H10N4/c1-2-8(1)9-5-10(13-6-12-9)14-4-3-11-7-14/h3-8H,1-2H2. The summed E-state index contributed by atoms with van der Waals surface area (Å²) in [6.07, 6.45) is 9.54. The third-order valence-corrected chi connectivity index (χ3v) is 2.44. The third-order valence-electron chi connectivity index (χ3n) is 2.44. The van der Waals surface area contributed by atoms with E-state index in [9.17, 15) is 0 Å². The minimum atomic E-state index is 0.667. The molecule has 0 aliphatic heterocycles. The molecule has 70 valence electrons. The van der Waals surface area contributed by atoms with Crippen LogP contribution in [0.15, 0.2) is 31.1 Å². The van der Waals surface area contributed by atoms with Crippen molar-refractivity contribution < 1.29 is 0 Å². The van der Waals surface area contributed by atoms with E-state index in [1.54, 1.807) is 18.9 Å². The van der Waals surface area contributed by atoms with Crippen LogP contribution in [0.25, 0.3) is 5.82 Å². The molecule has 0 atom stereocenters. The van der Waals surface area contributed by atoms with E-state index in [0.29, 0.717) is 5.92 Å². The van der Waals surface area contributed by atoms with Gasteiger partial charge in [0.1, 0.15) is 18.5 Å². The number of aromatic nitrogens is 4. The smallest absolute Gasteiger partial charge is 0.141 e. The van der Waals surface area contributed by atoms with Crippen LogP contribution in [0, 0.1) is 0 Å². The Morgan fingerprint density at radius 1 is 1.29 bits per heavy atom. The highest BCUT2D eigenvalue weighted by Gasteiger charge is 2.25. The zero-order valence-corrected chi connectivity index (χ0v) is 7.67. The van der Waals surface area contributed by atoms with Crippen molar-refractivity contribution in [2.24, 2.45) is 0 Å². The molecule has 0 aromatic carbocycles. The van der Waals surface area contributed by atoms with Gasteiger partial charge in [0.25, 0.3) is 0 Å². The minimum absolute atomic E-state index is 0.667. The summed E-state index contributed by atoms with van der Waals surface area (Å²) < 4.78 is 1.90. The van der Waals surface area contributed by atoms with Crippen molar-refractivity contribution in [1.82, 2.24) is 19.5 Å². The zero-order chi connectivity index (χ0) is 9.38. The maximum Gasteiger partial charge on any atom is 0.141 e. The van der Waals surface area contributed by atoms with Crippen molar-refractivity contribution in [2.75, 3.05) is 0 Å². The van der Waals surface area contributed by atoms with E-state index >= 15 is 0 Å². The molecule has 14 heavy (non-hydrogen) atoms. The van der Waals surface area contributed by atoms with Crippen LogP contribution in [0.2, 0.25) is 0 Å². The van der Waals surface area contributed by atoms with Crippen LogP contribution in [0.5, 0.6) is 0 Å². The monoisotopic (exact) mass is 186 g/mol. The fraction of sp³-hybridized carbons (Fsp3) is 0.300. The van der Waals surface area contributed by atoms with Crippen LogP contribution in [-0.4, -0.2) is 19.5 Å². The molecule has 4 nitrogen and oxygen atoms in total. The van der Waals surface area contributed by atoms with Crippen molar-refractivity contribution in [3.63, 3.8) is 0 Å². The van der Waals surface area contributed by atoms with Gasteiger partial charge in [-0.05, 0) is 12.8 Å². The molecule has 0 amide bonds. The predicted molar refractivity (Wildman–Crippen MR) is 51.1 cm³/mol. The number of nitrogens with zero attached hydrogens (tertiary/aromatic N) is 4. The molecule has 4 heteroatoms. The molecule has 1 fully saturated rings. The Kier molecular flexibility index (Phi) is 1.59. The van der Waals surface area contributed by atoms with E-state index in [1.165, 1.54) is 12.8 Å². The van der Waals surface area contributed by atoms with E-state index in [1.807, 2.05) is 16.8 Å². The van der Waals surface area contributed by atoms with Crippen LogP contribution >= 0.6 is 0 Å². The summed E-state index contributed by atoms with van der Waals surface area (Å²) in [5, 5.41) is 0. The lowest BCUT2D eigenvalue weighted by molar-refractivity contribution is 0.922. The molecule has 2 heterocycles. The second kappa shape index (κ2) is 2.90. The molecule has 3 rings (SSSR count). The first-order chi connectivity index (χ1) is 6.93. The van der Waals surface area contributed by atoms with E-state index in [4.69, 9.17) is 0 Å². The highest BCUT2D eigenvalue weighted by Crippen LogP contribution is 2.38. The highest BCUT2D eigenvalue weighted by atomic mass is 15.1. The number of rotatable bonds is 2. The van der Waals surface area contributed by atoms with Crippen molar-refractivity contribution in [3.05, 3.63) is 36.8 Å². The normalized spacial score (nSPS) is 15.7. The van der Waals surface area contributed by atoms with E-state index < -0.39 is 0 Å². The van der Waals surface area contributed by atoms with Gasteiger partial charge in [-0.25, -0.2) is 15.0 Å². The molecule has 2 aromatic rings. The molecule has 1 aliphatic carbocycles. The first kappa shape index (κ1) is 7.67. The van der Waals surface area contributed by atoms with Gasteiger partial charge >= 0.3 is 0 Å². The Labute approximate surface area is 81.7 Å². The molecule has 0 spiro atoms. The molecular formula is C10H10N4. The summed E-state index contributed by atoms with van der Waals surface area (Å²) in [4.78, 5) is 12.5. The summed E-state index contributed by atoms with van der Waals surface area (Å²) in [5.41, 5.74) is 1.16. The molecule has 1 aliphatic rings. The fourth-order valence-corrected chi connectivity index (χ4v) is 1.50. The van der Waals surface area contributed by atoms with Gasteiger partial charge in [-0.2, -0.15) is 0 Å². The van der Waals surface area contributed by atoms with Crippen LogP contribution < -0.4 is 0 Å². The Hall–Kier alpha value is -1.71. The van der Waals surface area contributed by atoms with E-state index in [-0.39, 0.29) is 0 Å². The van der Waals surface area contributed by atoms with Gasteiger partial charge in [0.2, 0.25) is 0 Å². The maximum absolute atomic E-state index is 4.27. The van der Waals surface area contributed by atoms with Gasteiger partial charge in [-0.1, -0.05) is 0 Å². The van der Waals surface area contributed by atoms with Gasteiger partial charge in [0.15, 0.2) is 0 Å². The number of hydrogen-bond acceptors (Lipinski definition) is 3. The quantitative estimate of drug-likeness (QED) is 0.714. The predicted octanol–water partition coefficient (Wildman–Crippen LogP) is 1.54. The molecule has 0 unspecified atom stereocenters. The van der Waals surface area contributed by atoms with Crippen molar-refractivity contribution in [3.8, 4) is 5.82 Å². The van der Waals surface area contributed by atoms with Gasteiger partial charge in [0, 0.05) is 30.1 Å². The van der Waals surface area contributed by atoms with Crippen LogP contribution in [-0.2, 0) is 0 Å². The molecular weight excluding hydrogens is 176 g/mol. The Bertz CT molecular complexity index is 431. The van der Waals surface area contributed by atoms with Gasteiger partial charge in [0.05, 0.1) is 0 Å². The first-order valence-corrected chi connectivity index (χ1v) is 4.74. The fourth-order valence-electron chi connectivity index (χ4n) is 1.50. The largest absolute Gasteiger partial charge is 0.290 e. The second-order valence-electron chi connectivity index (χ2n) is 3.55. The Balaban J connectivity index is 2.02. The van der Waals surface area contributed by atoms with E-state index in [0.717, 1.165) is 11.5 Å². The number of imidazole rings is 1. The lowest BCUT2D eigenvalue weighted by Gasteiger charge is -2.02. The maximum atomic E-state index is 4.27. The van der Waals surface area contributed by atoms with Crippen molar-refractivity contribution in [1.29, 1.82) is 0 Å². The molecule has 1 saturated carbocycles. The molecule has 0 N–H and O–H groups in total. The summed E-state index contributed by atoms with van der Waals surface area (Å²) in [6, 6.07) is 2.04. The third kappa shape index (κ3) is 1.28. The number of hydrogen-bond donors (Lipinski definition) is 0. The van der Waals surface area contributed by atoms with Crippen molar-refractivity contribution in [2.45, 2.75) is 18.8 Å². The molecule has 0 bridgehead atoms. The van der Waals surface area contributed by atoms with E-state index in [2.05, 4.69) is 15.0 Å². The molecule has 0 radical (unpaired) electrons. The highest BCUT2D eigenvalue weighted by molar-refractivity contribution is 5.27. The zero-order valence-electron chi connectivity index (χ0n) is 7.67. The summed E-state index contributed by atoms with van der Waals surface area (Å²) in [5.74, 6) is 1.57. The topological polar surface area (TPSA) is 43.6 Å². The second-order valence-corrected chi connectivity index (χ2v) is 3.55. The average molecular weight is 186 g/mol. The SMILES string of the molecule is c1cn(-c2cc(C3CC3)ncn2)cn1. The van der Waals surface area contributed by atoms with Crippen LogP contribution in [0.1, 0.15) is 24.5 Å². The average Bonchev–Trinajstić information content (AvgIpc) is 2.94. The lowest BCUT2D eigenvalue weighted by atomic mass is 10.3. The molecule has 0 saturated heterocycles. The minimum Gasteiger partial charge on any atom is -0.290 e. The summed E-state index contributed by atoms with van der Waals surface area (Å²) in [7, 11) is 0. The lowest BCUT2D eigenvalue weighted by Crippen LogP contribution is -1.97.